The van der Waals surface area contributed by atoms with E-state index in [-0.39, 0.29) is 0 Å². The molecule has 1 heterocycles. The molecule has 1 aliphatic heterocycles. The molecular weight excluding hydrogens is 274 g/mol. The lowest BCUT2D eigenvalue weighted by Gasteiger charge is -2.24. The van der Waals surface area contributed by atoms with Crippen LogP contribution < -0.4 is 14.8 Å². The molecule has 3 rings (SSSR count). The Hall–Kier alpha value is -2.00. The number of rotatable bonds is 6. The van der Waals surface area contributed by atoms with Gasteiger partial charge >= 0.3 is 0 Å². The first-order valence-corrected chi connectivity index (χ1v) is 7.98. The first-order chi connectivity index (χ1) is 10.8. The van der Waals surface area contributed by atoms with Crippen LogP contribution in [0.15, 0.2) is 48.5 Å². The molecule has 0 aliphatic carbocycles. The molecule has 0 bridgehead atoms. The zero-order valence-corrected chi connectivity index (χ0v) is 13.2. The van der Waals surface area contributed by atoms with Crippen LogP contribution in [0, 0.1) is 0 Å². The van der Waals surface area contributed by atoms with E-state index in [9.17, 15) is 0 Å². The van der Waals surface area contributed by atoms with E-state index < -0.39 is 0 Å². The van der Waals surface area contributed by atoms with Crippen molar-refractivity contribution in [3.05, 3.63) is 59.7 Å². The topological polar surface area (TPSA) is 30.5 Å². The summed E-state index contributed by atoms with van der Waals surface area (Å²) in [7, 11) is 0. The Morgan fingerprint density at radius 3 is 2.55 bits per heavy atom. The second-order valence-electron chi connectivity index (χ2n) is 5.75. The third kappa shape index (κ3) is 3.25. The van der Waals surface area contributed by atoms with Gasteiger partial charge in [-0.25, -0.2) is 0 Å². The van der Waals surface area contributed by atoms with Crippen LogP contribution in [0.4, 0.5) is 0 Å². The van der Waals surface area contributed by atoms with Crippen molar-refractivity contribution in [2.45, 2.75) is 38.8 Å². The number of hydrogen-bond donors (Lipinski definition) is 1. The van der Waals surface area contributed by atoms with Crippen molar-refractivity contribution in [2.24, 2.45) is 0 Å². The average Bonchev–Trinajstić information content (AvgIpc) is 3.02. The van der Waals surface area contributed by atoms with Crippen LogP contribution in [0.1, 0.15) is 49.9 Å². The molecule has 0 amide bonds. The van der Waals surface area contributed by atoms with Gasteiger partial charge in [0.2, 0.25) is 6.79 Å². The summed E-state index contributed by atoms with van der Waals surface area (Å²) in [4.78, 5) is 0. The van der Waals surface area contributed by atoms with Crippen LogP contribution in [-0.4, -0.2) is 6.79 Å². The number of nitrogens with one attached hydrogen (secondary N) is 1. The summed E-state index contributed by atoms with van der Waals surface area (Å²) in [5.41, 5.74) is 2.57. The van der Waals surface area contributed by atoms with Crippen molar-refractivity contribution < 1.29 is 9.47 Å². The van der Waals surface area contributed by atoms with Crippen molar-refractivity contribution in [1.29, 1.82) is 0 Å². The van der Waals surface area contributed by atoms with E-state index in [2.05, 4.69) is 61.6 Å². The zero-order valence-electron chi connectivity index (χ0n) is 13.2. The highest BCUT2D eigenvalue weighted by Gasteiger charge is 2.19. The molecule has 0 fully saturated rings. The minimum Gasteiger partial charge on any atom is -0.454 e. The van der Waals surface area contributed by atoms with Gasteiger partial charge in [-0.1, -0.05) is 49.7 Å². The summed E-state index contributed by atoms with van der Waals surface area (Å²) in [5, 5.41) is 3.75. The standard InChI is InChI=1S/C19H23NO2/c1-3-7-17(20-14(2)15-8-5-4-6-9-15)16-10-11-18-19(12-16)22-13-21-18/h4-6,8-12,14,17,20H,3,7,13H2,1-2H3/t14-,17+/m1/s1. The number of ether oxygens (including phenoxy) is 2. The van der Waals surface area contributed by atoms with Crippen LogP contribution in [0.3, 0.4) is 0 Å². The maximum absolute atomic E-state index is 5.51. The molecule has 2 aromatic rings. The lowest BCUT2D eigenvalue weighted by Crippen LogP contribution is -2.24. The van der Waals surface area contributed by atoms with Gasteiger partial charge in [-0.2, -0.15) is 0 Å². The Morgan fingerprint density at radius 1 is 1.00 bits per heavy atom. The van der Waals surface area contributed by atoms with E-state index in [1.807, 2.05) is 6.07 Å². The number of fused-ring (bicyclic) bond motifs is 1. The van der Waals surface area contributed by atoms with E-state index >= 15 is 0 Å². The molecule has 2 atom stereocenters. The first kappa shape index (κ1) is 14.9. The van der Waals surface area contributed by atoms with E-state index in [0.29, 0.717) is 18.9 Å². The molecule has 22 heavy (non-hydrogen) atoms. The largest absolute Gasteiger partial charge is 0.454 e. The lowest BCUT2D eigenvalue weighted by atomic mass is 9.99. The van der Waals surface area contributed by atoms with Crippen molar-refractivity contribution in [2.75, 3.05) is 6.79 Å². The first-order valence-electron chi connectivity index (χ1n) is 7.98. The zero-order chi connectivity index (χ0) is 15.4. The van der Waals surface area contributed by atoms with Gasteiger partial charge in [0.15, 0.2) is 11.5 Å². The van der Waals surface area contributed by atoms with Gasteiger partial charge in [-0.05, 0) is 36.6 Å². The molecule has 1 N–H and O–H groups in total. The van der Waals surface area contributed by atoms with Gasteiger partial charge in [-0.3, -0.25) is 0 Å². The molecule has 3 nitrogen and oxygen atoms in total. The summed E-state index contributed by atoms with van der Waals surface area (Å²) in [6.45, 7) is 4.75. The second kappa shape index (κ2) is 6.84. The highest BCUT2D eigenvalue weighted by atomic mass is 16.7. The molecule has 0 radical (unpaired) electrons. The van der Waals surface area contributed by atoms with Crippen LogP contribution in [0.2, 0.25) is 0 Å². The van der Waals surface area contributed by atoms with Gasteiger partial charge in [0.05, 0.1) is 0 Å². The summed E-state index contributed by atoms with van der Waals surface area (Å²) >= 11 is 0. The maximum atomic E-state index is 5.51. The normalized spacial score (nSPS) is 15.5. The predicted octanol–water partition coefficient (Wildman–Crippen LogP) is 4.61. The Balaban J connectivity index is 1.78. The molecule has 3 heteroatoms. The van der Waals surface area contributed by atoms with Gasteiger partial charge in [0, 0.05) is 12.1 Å². The fraction of sp³-hybridized carbons (Fsp3) is 0.368. The van der Waals surface area contributed by atoms with E-state index in [1.165, 1.54) is 11.1 Å². The van der Waals surface area contributed by atoms with Crippen LogP contribution in [0.25, 0.3) is 0 Å². The molecule has 0 unspecified atom stereocenters. The highest BCUT2D eigenvalue weighted by Crippen LogP contribution is 2.35. The Bertz CT molecular complexity index is 612. The van der Waals surface area contributed by atoms with Crippen molar-refractivity contribution in [3.63, 3.8) is 0 Å². The molecule has 1 aliphatic rings. The SMILES string of the molecule is CCC[C@H](N[C@H](C)c1ccccc1)c1ccc2c(c1)OCO2. The monoisotopic (exact) mass is 297 g/mol. The minimum atomic E-state index is 0.308. The van der Waals surface area contributed by atoms with Gasteiger partial charge in [0.1, 0.15) is 0 Å². The van der Waals surface area contributed by atoms with Crippen LogP contribution >= 0.6 is 0 Å². The Kier molecular flexibility index (Phi) is 4.64. The van der Waals surface area contributed by atoms with Crippen molar-refractivity contribution in [3.8, 4) is 11.5 Å². The molecule has 0 spiro atoms. The fourth-order valence-corrected chi connectivity index (χ4v) is 2.90. The van der Waals surface area contributed by atoms with Crippen molar-refractivity contribution in [1.82, 2.24) is 5.32 Å². The quantitative estimate of drug-likeness (QED) is 0.844. The summed E-state index contributed by atoms with van der Waals surface area (Å²) in [6.07, 6.45) is 2.23. The fourth-order valence-electron chi connectivity index (χ4n) is 2.90. The summed E-state index contributed by atoms with van der Waals surface area (Å²) < 4.78 is 10.9. The third-order valence-corrected chi connectivity index (χ3v) is 4.13. The van der Waals surface area contributed by atoms with Gasteiger partial charge < -0.3 is 14.8 Å². The average molecular weight is 297 g/mol. The molecular formula is C19H23NO2. The molecule has 0 saturated carbocycles. The number of benzene rings is 2. The summed E-state index contributed by atoms with van der Waals surface area (Å²) in [6, 6.07) is 17.4. The van der Waals surface area contributed by atoms with E-state index in [0.717, 1.165) is 24.3 Å². The van der Waals surface area contributed by atoms with E-state index in [1.54, 1.807) is 0 Å². The van der Waals surface area contributed by atoms with Crippen molar-refractivity contribution >= 4 is 0 Å². The summed E-state index contributed by atoms with van der Waals surface area (Å²) in [5.74, 6) is 1.70. The van der Waals surface area contributed by atoms with Crippen LogP contribution in [0.5, 0.6) is 11.5 Å². The molecule has 116 valence electrons. The number of hydrogen-bond acceptors (Lipinski definition) is 3. The second-order valence-corrected chi connectivity index (χ2v) is 5.75. The van der Waals surface area contributed by atoms with E-state index in [4.69, 9.17) is 9.47 Å². The van der Waals surface area contributed by atoms with Crippen LogP contribution in [-0.2, 0) is 0 Å². The molecule has 0 saturated heterocycles. The maximum Gasteiger partial charge on any atom is 0.231 e. The minimum absolute atomic E-state index is 0.308. The smallest absolute Gasteiger partial charge is 0.231 e. The molecule has 2 aromatic carbocycles. The molecule has 0 aromatic heterocycles. The van der Waals surface area contributed by atoms with Gasteiger partial charge in [-0.15, -0.1) is 0 Å². The highest BCUT2D eigenvalue weighted by molar-refractivity contribution is 5.45. The lowest BCUT2D eigenvalue weighted by molar-refractivity contribution is 0.174. The Labute approximate surface area is 132 Å². The predicted molar refractivity (Wildman–Crippen MR) is 88.2 cm³/mol. The third-order valence-electron chi connectivity index (χ3n) is 4.13. The Morgan fingerprint density at radius 2 is 1.77 bits per heavy atom. The van der Waals surface area contributed by atoms with Gasteiger partial charge in [0.25, 0.3) is 0 Å².